The predicted octanol–water partition coefficient (Wildman–Crippen LogP) is 0.889. The summed E-state index contributed by atoms with van der Waals surface area (Å²) in [4.78, 5) is 12.4. The van der Waals surface area contributed by atoms with Gasteiger partial charge in [-0.15, -0.1) is 0 Å². The van der Waals surface area contributed by atoms with Gasteiger partial charge in [-0.2, -0.15) is 0 Å². The van der Waals surface area contributed by atoms with Crippen LogP contribution < -0.4 is 0 Å². The number of hydrogen-bond acceptors (Lipinski definition) is 7. The number of aliphatic hydroxyl groups is 1. The molecule has 0 aliphatic carbocycles. The fourth-order valence-electron chi connectivity index (χ4n) is 3.04. The maximum absolute atomic E-state index is 9.52. The van der Waals surface area contributed by atoms with Gasteiger partial charge in [0, 0.05) is 0 Å². The molecule has 2 aromatic heterocycles. The first-order chi connectivity index (χ1) is 10.5. The minimum Gasteiger partial charge on any atom is -0.394 e. The lowest BCUT2D eigenvalue weighted by Gasteiger charge is -2.24. The number of rotatable bonds is 2. The van der Waals surface area contributed by atoms with Gasteiger partial charge in [-0.05, 0) is 13.8 Å². The quantitative estimate of drug-likeness (QED) is 0.819. The molecule has 1 N–H and O–H groups in total. The normalized spacial score (nSPS) is 33.5. The van der Waals surface area contributed by atoms with Crippen molar-refractivity contribution in [2.75, 3.05) is 6.61 Å². The second kappa shape index (κ2) is 4.84. The van der Waals surface area contributed by atoms with E-state index in [4.69, 9.17) is 25.8 Å². The minimum atomic E-state index is -0.728. The van der Waals surface area contributed by atoms with E-state index >= 15 is 0 Å². The Labute approximate surface area is 131 Å². The zero-order valence-electron chi connectivity index (χ0n) is 12.0. The van der Waals surface area contributed by atoms with Crippen molar-refractivity contribution in [1.82, 2.24) is 19.5 Å². The van der Waals surface area contributed by atoms with Gasteiger partial charge >= 0.3 is 0 Å². The lowest BCUT2D eigenvalue weighted by molar-refractivity contribution is -0.199. The number of aliphatic hydroxyl groups excluding tert-OH is 1. The third-order valence-electron chi connectivity index (χ3n) is 3.89. The summed E-state index contributed by atoms with van der Waals surface area (Å²) in [6.07, 6.45) is 1.28. The Kier molecular flexibility index (Phi) is 3.14. The molecule has 0 spiro atoms. The molecule has 8 nitrogen and oxygen atoms in total. The Bertz CT molecular complexity index is 721. The van der Waals surface area contributed by atoms with Crippen molar-refractivity contribution in [3.8, 4) is 0 Å². The maximum atomic E-state index is 9.52. The average Bonchev–Trinajstić information content (AvgIpc) is 3.10. The van der Waals surface area contributed by atoms with Gasteiger partial charge in [0.05, 0.1) is 12.9 Å². The molecule has 0 amide bonds. The van der Waals surface area contributed by atoms with Gasteiger partial charge in [0.25, 0.3) is 0 Å². The van der Waals surface area contributed by atoms with Crippen molar-refractivity contribution < 1.29 is 19.3 Å². The first-order valence-electron chi connectivity index (χ1n) is 6.95. The molecular weight excluding hydrogens is 312 g/mol. The van der Waals surface area contributed by atoms with Crippen molar-refractivity contribution in [1.29, 1.82) is 0 Å². The van der Waals surface area contributed by atoms with Crippen molar-refractivity contribution >= 4 is 22.8 Å². The molecule has 4 atom stereocenters. The number of fused-ring (bicyclic) bond motifs is 2. The third kappa shape index (κ3) is 2.03. The lowest BCUT2D eigenvalue weighted by Crippen LogP contribution is -2.31. The van der Waals surface area contributed by atoms with Gasteiger partial charge in [-0.1, -0.05) is 11.6 Å². The highest BCUT2D eigenvalue weighted by Crippen LogP contribution is 2.43. The number of nitrogens with zero attached hydrogens (tertiary/aromatic N) is 4. The van der Waals surface area contributed by atoms with Crippen molar-refractivity contribution in [2.45, 2.75) is 44.2 Å². The summed E-state index contributed by atoms with van der Waals surface area (Å²) < 4.78 is 19.4. The molecule has 2 saturated heterocycles. The highest BCUT2D eigenvalue weighted by atomic mass is 35.5. The van der Waals surface area contributed by atoms with Gasteiger partial charge in [0.2, 0.25) is 0 Å². The molecule has 2 aliphatic heterocycles. The Morgan fingerprint density at radius 2 is 2.05 bits per heavy atom. The van der Waals surface area contributed by atoms with E-state index in [1.807, 2.05) is 13.8 Å². The van der Waals surface area contributed by atoms with Crippen LogP contribution in [0, 0.1) is 0 Å². The molecule has 1 unspecified atom stereocenters. The van der Waals surface area contributed by atoms with Crippen LogP contribution in [-0.2, 0) is 14.2 Å². The largest absolute Gasteiger partial charge is 0.394 e. The molecule has 4 rings (SSSR count). The van der Waals surface area contributed by atoms with Crippen LogP contribution in [-0.4, -0.2) is 55.3 Å². The van der Waals surface area contributed by atoms with E-state index < -0.39 is 18.1 Å². The highest BCUT2D eigenvalue weighted by molar-refractivity contribution is 6.33. The van der Waals surface area contributed by atoms with Crippen LogP contribution in [0.15, 0.2) is 12.7 Å². The molecule has 0 aromatic carbocycles. The monoisotopic (exact) mass is 326 g/mol. The molecule has 2 aliphatic rings. The van der Waals surface area contributed by atoms with Crippen LogP contribution in [0.25, 0.3) is 11.2 Å². The van der Waals surface area contributed by atoms with Crippen molar-refractivity contribution in [3.05, 3.63) is 17.8 Å². The van der Waals surface area contributed by atoms with E-state index in [2.05, 4.69) is 15.0 Å². The molecule has 2 fully saturated rings. The summed E-state index contributed by atoms with van der Waals surface area (Å²) >= 11 is 6.03. The Morgan fingerprint density at radius 1 is 1.27 bits per heavy atom. The summed E-state index contributed by atoms with van der Waals surface area (Å²) in [6, 6.07) is 0. The Morgan fingerprint density at radius 3 is 2.82 bits per heavy atom. The molecular formula is C13H15ClN4O4. The molecule has 0 radical (unpaired) electrons. The van der Waals surface area contributed by atoms with Gasteiger partial charge in [0.15, 0.2) is 22.8 Å². The SMILES string of the molecule is CC1(C)O[C@@H]2[C@H](O1)C(CO)O[C@H]2n1cnc2c(Cl)ncnc21. The number of aromatic nitrogens is 4. The molecule has 2 aromatic rings. The summed E-state index contributed by atoms with van der Waals surface area (Å²) in [5, 5.41) is 9.80. The summed E-state index contributed by atoms with van der Waals surface area (Å²) in [5.74, 6) is -0.728. The van der Waals surface area contributed by atoms with E-state index in [0.29, 0.717) is 11.2 Å². The molecule has 118 valence electrons. The van der Waals surface area contributed by atoms with E-state index in [9.17, 15) is 5.11 Å². The fourth-order valence-corrected chi connectivity index (χ4v) is 3.22. The zero-order chi connectivity index (χ0) is 15.5. The van der Waals surface area contributed by atoms with E-state index in [-0.39, 0.29) is 24.0 Å². The van der Waals surface area contributed by atoms with Crippen LogP contribution in [0.2, 0.25) is 5.15 Å². The number of hydrogen-bond donors (Lipinski definition) is 1. The molecule has 0 bridgehead atoms. The number of ether oxygens (including phenoxy) is 3. The number of halogens is 1. The van der Waals surface area contributed by atoms with Gasteiger partial charge in [-0.3, -0.25) is 4.57 Å². The second-order valence-electron chi connectivity index (χ2n) is 5.80. The highest BCUT2D eigenvalue weighted by Gasteiger charge is 2.55. The average molecular weight is 327 g/mol. The third-order valence-corrected chi connectivity index (χ3v) is 4.17. The minimum absolute atomic E-state index is 0.153. The number of imidazole rings is 1. The van der Waals surface area contributed by atoms with Crippen molar-refractivity contribution in [3.63, 3.8) is 0 Å². The molecule has 0 saturated carbocycles. The maximum Gasteiger partial charge on any atom is 0.167 e. The smallest absolute Gasteiger partial charge is 0.167 e. The van der Waals surface area contributed by atoms with Crippen LogP contribution in [0.5, 0.6) is 0 Å². The van der Waals surface area contributed by atoms with Crippen LogP contribution in [0.3, 0.4) is 0 Å². The van der Waals surface area contributed by atoms with Gasteiger partial charge < -0.3 is 19.3 Å². The molecule has 22 heavy (non-hydrogen) atoms. The summed E-state index contributed by atoms with van der Waals surface area (Å²) in [7, 11) is 0. The summed E-state index contributed by atoms with van der Waals surface area (Å²) in [5.41, 5.74) is 1.05. The van der Waals surface area contributed by atoms with E-state index in [1.165, 1.54) is 6.33 Å². The Balaban J connectivity index is 1.77. The first kappa shape index (κ1) is 14.3. The van der Waals surface area contributed by atoms with Crippen LogP contribution in [0.1, 0.15) is 20.1 Å². The summed E-state index contributed by atoms with van der Waals surface area (Å²) in [6.45, 7) is 3.52. The fraction of sp³-hybridized carbons (Fsp3) is 0.615. The first-order valence-corrected chi connectivity index (χ1v) is 7.33. The van der Waals surface area contributed by atoms with Crippen LogP contribution >= 0.6 is 11.6 Å². The zero-order valence-corrected chi connectivity index (χ0v) is 12.8. The van der Waals surface area contributed by atoms with E-state index in [0.717, 1.165) is 0 Å². The lowest BCUT2D eigenvalue weighted by atomic mass is 10.1. The standard InChI is InChI=1S/C13H15ClN4O4/c1-13(2)21-8-6(3-19)20-12(9(8)22-13)18-5-17-7-10(14)15-4-16-11(7)18/h4-6,8-9,12,19H,3H2,1-2H3/t6?,8-,9-,12-/m1/s1. The Hall–Kier alpha value is -1.32. The van der Waals surface area contributed by atoms with Crippen LogP contribution in [0.4, 0.5) is 0 Å². The van der Waals surface area contributed by atoms with E-state index in [1.54, 1.807) is 10.9 Å². The predicted molar refractivity (Wildman–Crippen MR) is 75.2 cm³/mol. The molecule has 4 heterocycles. The van der Waals surface area contributed by atoms with Crippen molar-refractivity contribution in [2.24, 2.45) is 0 Å². The van der Waals surface area contributed by atoms with Gasteiger partial charge in [-0.25, -0.2) is 15.0 Å². The van der Waals surface area contributed by atoms with Gasteiger partial charge in [0.1, 0.15) is 30.2 Å². The second-order valence-corrected chi connectivity index (χ2v) is 6.16. The molecule has 9 heteroatoms. The topological polar surface area (TPSA) is 91.5 Å².